The van der Waals surface area contributed by atoms with Gasteiger partial charge in [-0.1, -0.05) is 32.8 Å². The Balaban J connectivity index is 0. The van der Waals surface area contributed by atoms with Crippen molar-refractivity contribution in [3.05, 3.63) is 12.2 Å². The maximum atomic E-state index is 10.9. The molecule has 0 spiro atoms. The fourth-order valence-corrected chi connectivity index (χ4v) is 0.817. The first-order chi connectivity index (χ1) is 5.68. The first-order valence-corrected chi connectivity index (χ1v) is 4.51. The molecular formula is C10H19BrO2. The second kappa shape index (κ2) is 9.78. The largest absolute Gasteiger partial charge is 0.462 e. The molecule has 0 aliphatic carbocycles. The zero-order chi connectivity index (χ0) is 9.40. The molecule has 0 fully saturated rings. The summed E-state index contributed by atoms with van der Waals surface area (Å²) in [5.41, 5.74) is 0.477. The molecule has 0 unspecified atom stereocenters. The number of hydrogen-bond acceptors (Lipinski definition) is 2. The zero-order valence-electron chi connectivity index (χ0n) is 8.47. The summed E-state index contributed by atoms with van der Waals surface area (Å²) in [5.74, 6) is -0.272. The Hall–Kier alpha value is -0.310. The number of unbranched alkanes of at least 4 members (excludes halogenated alkanes) is 3. The smallest absolute Gasteiger partial charge is 0.333 e. The maximum absolute atomic E-state index is 10.9. The Labute approximate surface area is 91.1 Å². The predicted octanol–water partition coefficient (Wildman–Crippen LogP) is 3.26. The Morgan fingerprint density at radius 1 is 1.31 bits per heavy atom. The van der Waals surface area contributed by atoms with Crippen LogP contribution >= 0.6 is 17.0 Å². The highest BCUT2D eigenvalue weighted by atomic mass is 79.9. The minimum absolute atomic E-state index is 0. The van der Waals surface area contributed by atoms with Gasteiger partial charge in [-0.3, -0.25) is 0 Å². The summed E-state index contributed by atoms with van der Waals surface area (Å²) in [4.78, 5) is 10.9. The van der Waals surface area contributed by atoms with E-state index in [1.807, 2.05) is 0 Å². The molecule has 78 valence electrons. The minimum Gasteiger partial charge on any atom is -0.462 e. The SMILES string of the molecule is Br.C=C(C)C(=O)OCCCCCC. The van der Waals surface area contributed by atoms with E-state index in [2.05, 4.69) is 13.5 Å². The van der Waals surface area contributed by atoms with Crippen molar-refractivity contribution in [2.24, 2.45) is 0 Å². The van der Waals surface area contributed by atoms with E-state index in [1.54, 1.807) is 6.92 Å². The van der Waals surface area contributed by atoms with E-state index in [0.717, 1.165) is 12.8 Å². The summed E-state index contributed by atoms with van der Waals surface area (Å²) in [6.07, 6.45) is 4.52. The van der Waals surface area contributed by atoms with Crippen LogP contribution in [0.3, 0.4) is 0 Å². The van der Waals surface area contributed by atoms with Crippen LogP contribution in [0.2, 0.25) is 0 Å². The van der Waals surface area contributed by atoms with E-state index in [-0.39, 0.29) is 23.0 Å². The second-order valence-corrected chi connectivity index (χ2v) is 2.98. The van der Waals surface area contributed by atoms with Gasteiger partial charge in [0.1, 0.15) is 0 Å². The number of carbonyl (C=O) groups is 1. The number of rotatable bonds is 6. The van der Waals surface area contributed by atoms with Crippen LogP contribution in [-0.4, -0.2) is 12.6 Å². The fraction of sp³-hybridized carbons (Fsp3) is 0.700. The van der Waals surface area contributed by atoms with E-state index >= 15 is 0 Å². The van der Waals surface area contributed by atoms with Crippen molar-refractivity contribution in [1.82, 2.24) is 0 Å². The van der Waals surface area contributed by atoms with Crippen LogP contribution in [0.15, 0.2) is 12.2 Å². The third-order valence-corrected chi connectivity index (χ3v) is 1.58. The summed E-state index contributed by atoms with van der Waals surface area (Å²) in [6.45, 7) is 7.84. The Kier molecular flexibility index (Phi) is 11.4. The molecule has 2 nitrogen and oxygen atoms in total. The third-order valence-electron chi connectivity index (χ3n) is 1.58. The van der Waals surface area contributed by atoms with Crippen molar-refractivity contribution in [3.63, 3.8) is 0 Å². The number of esters is 1. The van der Waals surface area contributed by atoms with Crippen molar-refractivity contribution in [3.8, 4) is 0 Å². The van der Waals surface area contributed by atoms with Crippen molar-refractivity contribution in [2.75, 3.05) is 6.61 Å². The van der Waals surface area contributed by atoms with Gasteiger partial charge >= 0.3 is 5.97 Å². The van der Waals surface area contributed by atoms with Gasteiger partial charge in [0.25, 0.3) is 0 Å². The summed E-state index contributed by atoms with van der Waals surface area (Å²) >= 11 is 0. The van der Waals surface area contributed by atoms with Gasteiger partial charge in [0.2, 0.25) is 0 Å². The van der Waals surface area contributed by atoms with Crippen LogP contribution in [0.1, 0.15) is 39.5 Å². The van der Waals surface area contributed by atoms with Gasteiger partial charge in [0.05, 0.1) is 6.61 Å². The summed E-state index contributed by atoms with van der Waals surface area (Å²) in [7, 11) is 0. The topological polar surface area (TPSA) is 26.3 Å². The molecule has 0 aromatic rings. The Morgan fingerprint density at radius 3 is 2.38 bits per heavy atom. The maximum Gasteiger partial charge on any atom is 0.333 e. The van der Waals surface area contributed by atoms with E-state index in [1.165, 1.54) is 12.8 Å². The van der Waals surface area contributed by atoms with Gasteiger partial charge in [-0.2, -0.15) is 0 Å². The molecule has 0 N–H and O–H groups in total. The first kappa shape index (κ1) is 15.2. The predicted molar refractivity (Wildman–Crippen MR) is 60.2 cm³/mol. The lowest BCUT2D eigenvalue weighted by Crippen LogP contribution is -2.05. The fourth-order valence-electron chi connectivity index (χ4n) is 0.817. The molecule has 0 saturated carbocycles. The molecule has 0 aromatic heterocycles. The highest BCUT2D eigenvalue weighted by Crippen LogP contribution is 2.00. The summed E-state index contributed by atoms with van der Waals surface area (Å²) in [5, 5.41) is 0. The first-order valence-electron chi connectivity index (χ1n) is 4.51. The minimum atomic E-state index is -0.272. The van der Waals surface area contributed by atoms with Crippen LogP contribution < -0.4 is 0 Å². The monoisotopic (exact) mass is 250 g/mol. The van der Waals surface area contributed by atoms with Crippen molar-refractivity contribution < 1.29 is 9.53 Å². The van der Waals surface area contributed by atoms with Gasteiger partial charge in [-0.25, -0.2) is 4.79 Å². The van der Waals surface area contributed by atoms with Crippen LogP contribution in [0.5, 0.6) is 0 Å². The van der Waals surface area contributed by atoms with Crippen LogP contribution in [-0.2, 0) is 9.53 Å². The molecule has 0 atom stereocenters. The molecule has 0 aliphatic rings. The Bertz CT molecular complexity index is 155. The number of hydrogen-bond donors (Lipinski definition) is 0. The molecule has 13 heavy (non-hydrogen) atoms. The highest BCUT2D eigenvalue weighted by Gasteiger charge is 2.00. The van der Waals surface area contributed by atoms with Gasteiger partial charge in [-0.05, 0) is 13.3 Å². The molecule has 0 amide bonds. The molecule has 0 radical (unpaired) electrons. The molecule has 0 rings (SSSR count). The number of ether oxygens (including phenoxy) is 1. The highest BCUT2D eigenvalue weighted by molar-refractivity contribution is 8.93. The van der Waals surface area contributed by atoms with Gasteiger partial charge in [0, 0.05) is 5.57 Å². The lowest BCUT2D eigenvalue weighted by atomic mass is 10.2. The molecular weight excluding hydrogens is 232 g/mol. The van der Waals surface area contributed by atoms with E-state index in [9.17, 15) is 4.79 Å². The van der Waals surface area contributed by atoms with E-state index in [4.69, 9.17) is 4.74 Å². The average molecular weight is 251 g/mol. The van der Waals surface area contributed by atoms with Gasteiger partial charge in [0.15, 0.2) is 0 Å². The van der Waals surface area contributed by atoms with E-state index in [0.29, 0.717) is 12.2 Å². The van der Waals surface area contributed by atoms with E-state index < -0.39 is 0 Å². The molecule has 0 aromatic carbocycles. The van der Waals surface area contributed by atoms with Crippen LogP contribution in [0, 0.1) is 0 Å². The van der Waals surface area contributed by atoms with Crippen molar-refractivity contribution >= 4 is 23.0 Å². The lowest BCUT2D eigenvalue weighted by molar-refractivity contribution is -0.139. The summed E-state index contributed by atoms with van der Waals surface area (Å²) in [6, 6.07) is 0. The molecule has 0 heterocycles. The average Bonchev–Trinajstić information content (AvgIpc) is 2.03. The quantitative estimate of drug-likeness (QED) is 0.411. The zero-order valence-corrected chi connectivity index (χ0v) is 10.2. The normalized spacial score (nSPS) is 8.77. The lowest BCUT2D eigenvalue weighted by Gasteiger charge is -2.02. The number of halogens is 1. The molecule has 0 bridgehead atoms. The third kappa shape index (κ3) is 9.61. The summed E-state index contributed by atoms with van der Waals surface area (Å²) < 4.78 is 4.91. The molecule has 0 aliphatic heterocycles. The van der Waals surface area contributed by atoms with Crippen molar-refractivity contribution in [2.45, 2.75) is 39.5 Å². The Morgan fingerprint density at radius 2 is 1.92 bits per heavy atom. The van der Waals surface area contributed by atoms with Crippen LogP contribution in [0.4, 0.5) is 0 Å². The van der Waals surface area contributed by atoms with Crippen LogP contribution in [0.25, 0.3) is 0 Å². The van der Waals surface area contributed by atoms with Gasteiger partial charge in [-0.15, -0.1) is 17.0 Å². The standard InChI is InChI=1S/C10H18O2.BrH/c1-4-5-6-7-8-12-10(11)9(2)3;/h2,4-8H2,1,3H3;1H. The number of carbonyl (C=O) groups excluding carboxylic acids is 1. The second-order valence-electron chi connectivity index (χ2n) is 2.98. The molecule has 3 heteroatoms. The molecule has 0 saturated heterocycles. The van der Waals surface area contributed by atoms with Crippen molar-refractivity contribution in [1.29, 1.82) is 0 Å². The van der Waals surface area contributed by atoms with Gasteiger partial charge < -0.3 is 4.74 Å².